The van der Waals surface area contributed by atoms with Crippen molar-refractivity contribution in [1.82, 2.24) is 14.5 Å². The molecule has 4 nitrogen and oxygen atoms in total. The SMILES string of the molecule is Cc1c(-c2ncccn2)c(C)n(C)c(=O)c1Br. The molecular formula is C12H12BrN3O. The summed E-state index contributed by atoms with van der Waals surface area (Å²) in [6.45, 7) is 3.79. The molecular weight excluding hydrogens is 282 g/mol. The van der Waals surface area contributed by atoms with Gasteiger partial charge in [0.15, 0.2) is 5.82 Å². The van der Waals surface area contributed by atoms with Crippen LogP contribution in [0.2, 0.25) is 0 Å². The summed E-state index contributed by atoms with van der Waals surface area (Å²) in [5.74, 6) is 0.638. The summed E-state index contributed by atoms with van der Waals surface area (Å²) in [6, 6.07) is 1.77. The fourth-order valence-electron chi connectivity index (χ4n) is 1.77. The Bertz CT molecular complexity index is 588. The van der Waals surface area contributed by atoms with Gasteiger partial charge in [-0.05, 0) is 41.4 Å². The van der Waals surface area contributed by atoms with E-state index in [0.29, 0.717) is 10.3 Å². The Morgan fingerprint density at radius 2 is 1.82 bits per heavy atom. The zero-order valence-electron chi connectivity index (χ0n) is 9.86. The Hall–Kier alpha value is -1.49. The van der Waals surface area contributed by atoms with Crippen molar-refractivity contribution in [3.63, 3.8) is 0 Å². The summed E-state index contributed by atoms with van der Waals surface area (Å²) in [5.41, 5.74) is 2.60. The molecule has 0 N–H and O–H groups in total. The Balaban J connectivity index is 2.84. The molecule has 0 aliphatic carbocycles. The average molecular weight is 294 g/mol. The first-order valence-corrected chi connectivity index (χ1v) is 5.96. The van der Waals surface area contributed by atoms with Crippen molar-refractivity contribution < 1.29 is 0 Å². The first-order valence-electron chi connectivity index (χ1n) is 5.17. The third-order valence-electron chi connectivity index (χ3n) is 2.85. The van der Waals surface area contributed by atoms with Gasteiger partial charge in [0.1, 0.15) is 0 Å². The number of hydrogen-bond acceptors (Lipinski definition) is 3. The third-order valence-corrected chi connectivity index (χ3v) is 3.78. The number of hydrogen-bond donors (Lipinski definition) is 0. The van der Waals surface area contributed by atoms with Gasteiger partial charge in [-0.3, -0.25) is 4.79 Å². The maximum absolute atomic E-state index is 11.9. The van der Waals surface area contributed by atoms with Gasteiger partial charge in [-0.15, -0.1) is 0 Å². The number of halogens is 1. The first-order chi connectivity index (χ1) is 8.04. The fourth-order valence-corrected chi connectivity index (χ4v) is 2.23. The molecule has 0 aromatic carbocycles. The molecule has 0 saturated carbocycles. The topological polar surface area (TPSA) is 47.8 Å². The molecule has 0 aliphatic heterocycles. The molecule has 0 atom stereocenters. The van der Waals surface area contributed by atoms with E-state index < -0.39 is 0 Å². The van der Waals surface area contributed by atoms with Crippen LogP contribution in [-0.2, 0) is 7.05 Å². The first kappa shape index (κ1) is 12.0. The van der Waals surface area contributed by atoms with Gasteiger partial charge in [-0.2, -0.15) is 0 Å². The second-order valence-corrected chi connectivity index (χ2v) is 4.63. The van der Waals surface area contributed by atoms with E-state index in [4.69, 9.17) is 0 Å². The van der Waals surface area contributed by atoms with Crippen LogP contribution < -0.4 is 5.56 Å². The maximum atomic E-state index is 11.9. The van der Waals surface area contributed by atoms with Crippen LogP contribution in [-0.4, -0.2) is 14.5 Å². The van der Waals surface area contributed by atoms with Crippen molar-refractivity contribution in [2.24, 2.45) is 7.05 Å². The van der Waals surface area contributed by atoms with Gasteiger partial charge in [0, 0.05) is 30.7 Å². The van der Waals surface area contributed by atoms with Crippen LogP contribution >= 0.6 is 15.9 Å². The van der Waals surface area contributed by atoms with Crippen molar-refractivity contribution in [3.05, 3.63) is 44.5 Å². The van der Waals surface area contributed by atoms with Crippen LogP contribution in [0.25, 0.3) is 11.4 Å². The van der Waals surface area contributed by atoms with Gasteiger partial charge < -0.3 is 4.57 Å². The van der Waals surface area contributed by atoms with E-state index in [-0.39, 0.29) is 5.56 Å². The van der Waals surface area contributed by atoms with E-state index in [1.54, 1.807) is 30.1 Å². The largest absolute Gasteiger partial charge is 0.314 e. The van der Waals surface area contributed by atoms with Crippen molar-refractivity contribution in [1.29, 1.82) is 0 Å². The predicted octanol–water partition coefficient (Wildman–Crippen LogP) is 2.22. The summed E-state index contributed by atoms with van der Waals surface area (Å²) in [4.78, 5) is 20.3. The Morgan fingerprint density at radius 1 is 1.24 bits per heavy atom. The quantitative estimate of drug-likeness (QED) is 0.810. The molecule has 2 rings (SSSR count). The zero-order chi connectivity index (χ0) is 12.6. The zero-order valence-corrected chi connectivity index (χ0v) is 11.4. The number of nitrogens with zero attached hydrogens (tertiary/aromatic N) is 3. The number of aromatic nitrogens is 3. The molecule has 2 aromatic heterocycles. The van der Waals surface area contributed by atoms with E-state index in [1.807, 2.05) is 13.8 Å². The van der Waals surface area contributed by atoms with Crippen LogP contribution in [0.3, 0.4) is 0 Å². The smallest absolute Gasteiger partial charge is 0.265 e. The molecule has 0 bridgehead atoms. The Kier molecular flexibility index (Phi) is 3.11. The molecule has 0 spiro atoms. The van der Waals surface area contributed by atoms with E-state index in [0.717, 1.165) is 16.8 Å². The lowest BCUT2D eigenvalue weighted by Gasteiger charge is -2.13. The van der Waals surface area contributed by atoms with Crippen LogP contribution in [0.5, 0.6) is 0 Å². The third kappa shape index (κ3) is 1.91. The number of pyridine rings is 1. The highest BCUT2D eigenvalue weighted by Crippen LogP contribution is 2.26. The molecule has 0 saturated heterocycles. The Labute approximate surface area is 107 Å². The molecule has 88 valence electrons. The summed E-state index contributed by atoms with van der Waals surface area (Å²) in [6.07, 6.45) is 3.39. The molecule has 5 heteroatoms. The normalized spacial score (nSPS) is 10.6. The second-order valence-electron chi connectivity index (χ2n) is 3.84. The summed E-state index contributed by atoms with van der Waals surface area (Å²) >= 11 is 3.32. The second kappa shape index (κ2) is 4.41. The van der Waals surface area contributed by atoms with Gasteiger partial charge in [0.05, 0.1) is 4.47 Å². The minimum Gasteiger partial charge on any atom is -0.314 e. The fraction of sp³-hybridized carbons (Fsp3) is 0.250. The standard InChI is InChI=1S/C12H12BrN3O/c1-7-9(11-14-5-4-6-15-11)8(2)16(3)12(17)10(7)13/h4-6H,1-3H3. The molecule has 0 fully saturated rings. The van der Waals surface area contributed by atoms with Crippen molar-refractivity contribution in [3.8, 4) is 11.4 Å². The summed E-state index contributed by atoms with van der Waals surface area (Å²) in [7, 11) is 1.74. The van der Waals surface area contributed by atoms with Crippen LogP contribution in [0.15, 0.2) is 27.7 Å². The predicted molar refractivity (Wildman–Crippen MR) is 69.9 cm³/mol. The molecule has 2 heterocycles. The van der Waals surface area contributed by atoms with Crippen LogP contribution in [0.1, 0.15) is 11.3 Å². The van der Waals surface area contributed by atoms with Crippen molar-refractivity contribution in [2.75, 3.05) is 0 Å². The van der Waals surface area contributed by atoms with Gasteiger partial charge in [-0.25, -0.2) is 9.97 Å². The van der Waals surface area contributed by atoms with Crippen LogP contribution in [0.4, 0.5) is 0 Å². The summed E-state index contributed by atoms with van der Waals surface area (Å²) < 4.78 is 2.16. The maximum Gasteiger partial charge on any atom is 0.265 e. The minimum absolute atomic E-state index is 0.0420. The van der Waals surface area contributed by atoms with E-state index in [2.05, 4.69) is 25.9 Å². The van der Waals surface area contributed by atoms with Gasteiger partial charge in [0.25, 0.3) is 5.56 Å². The lowest BCUT2D eigenvalue weighted by atomic mass is 10.1. The van der Waals surface area contributed by atoms with Gasteiger partial charge in [-0.1, -0.05) is 0 Å². The van der Waals surface area contributed by atoms with E-state index in [1.165, 1.54) is 0 Å². The molecule has 0 amide bonds. The molecule has 0 radical (unpaired) electrons. The van der Waals surface area contributed by atoms with Crippen molar-refractivity contribution >= 4 is 15.9 Å². The van der Waals surface area contributed by atoms with Gasteiger partial charge in [0.2, 0.25) is 0 Å². The highest BCUT2D eigenvalue weighted by atomic mass is 79.9. The lowest BCUT2D eigenvalue weighted by Crippen LogP contribution is -2.22. The number of rotatable bonds is 1. The highest BCUT2D eigenvalue weighted by Gasteiger charge is 2.16. The van der Waals surface area contributed by atoms with E-state index >= 15 is 0 Å². The Morgan fingerprint density at radius 3 is 2.41 bits per heavy atom. The highest BCUT2D eigenvalue weighted by molar-refractivity contribution is 9.10. The van der Waals surface area contributed by atoms with Gasteiger partial charge >= 0.3 is 0 Å². The summed E-state index contributed by atoms with van der Waals surface area (Å²) in [5, 5.41) is 0. The molecule has 17 heavy (non-hydrogen) atoms. The lowest BCUT2D eigenvalue weighted by molar-refractivity contribution is 0.808. The average Bonchev–Trinajstić information content (AvgIpc) is 2.36. The van der Waals surface area contributed by atoms with Crippen molar-refractivity contribution in [2.45, 2.75) is 13.8 Å². The van der Waals surface area contributed by atoms with Crippen LogP contribution in [0, 0.1) is 13.8 Å². The molecule has 2 aromatic rings. The monoisotopic (exact) mass is 293 g/mol. The molecule has 0 unspecified atom stereocenters. The van der Waals surface area contributed by atoms with E-state index in [9.17, 15) is 4.79 Å². The minimum atomic E-state index is -0.0420. The molecule has 0 aliphatic rings.